The first-order chi connectivity index (χ1) is 15.3. The lowest BCUT2D eigenvalue weighted by molar-refractivity contribution is -0.0177. The highest BCUT2D eigenvalue weighted by molar-refractivity contribution is 5.88. The van der Waals surface area contributed by atoms with Gasteiger partial charge in [0.2, 0.25) is 0 Å². The van der Waals surface area contributed by atoms with Gasteiger partial charge in [0.1, 0.15) is 17.0 Å². The van der Waals surface area contributed by atoms with Crippen molar-refractivity contribution in [2.75, 3.05) is 20.2 Å². The standard InChI is InChI=1S/C26H38N2O5/c1-9-10-20-15-21(18-27(17-20)16-19-11-13-22(31-8)14-12-19)28(23(29)32-25(2,3)4)24(30)33-26(5,6)7/h11-14,20-21H,15-18H2,1-8H3/t20-,21+/m1/s1. The maximum absolute atomic E-state index is 13.1. The molecule has 7 nitrogen and oxygen atoms in total. The second-order valence-corrected chi connectivity index (χ2v) is 10.4. The normalized spacial score (nSPS) is 19.2. The number of rotatable bonds is 4. The van der Waals surface area contributed by atoms with E-state index in [1.165, 1.54) is 0 Å². The van der Waals surface area contributed by atoms with E-state index in [2.05, 4.69) is 16.7 Å². The molecule has 1 aromatic rings. The number of hydrogen-bond donors (Lipinski definition) is 0. The molecule has 2 amide bonds. The Balaban J connectivity index is 2.31. The number of amides is 2. The molecule has 0 aromatic heterocycles. The molecule has 182 valence electrons. The van der Waals surface area contributed by atoms with Crippen LogP contribution in [0.2, 0.25) is 0 Å². The number of carbonyl (C=O) groups is 2. The molecule has 1 aromatic carbocycles. The number of ether oxygens (including phenoxy) is 3. The van der Waals surface area contributed by atoms with Gasteiger partial charge in [0, 0.05) is 25.6 Å². The molecule has 0 N–H and O–H groups in total. The molecule has 33 heavy (non-hydrogen) atoms. The highest BCUT2D eigenvalue weighted by atomic mass is 16.6. The quantitative estimate of drug-likeness (QED) is 0.586. The predicted molar refractivity (Wildman–Crippen MR) is 128 cm³/mol. The Hall–Kier alpha value is -2.72. The largest absolute Gasteiger partial charge is 0.497 e. The molecule has 0 spiro atoms. The highest BCUT2D eigenvalue weighted by Crippen LogP contribution is 2.26. The van der Waals surface area contributed by atoms with E-state index in [4.69, 9.17) is 14.2 Å². The van der Waals surface area contributed by atoms with Crippen molar-refractivity contribution in [3.05, 3.63) is 29.8 Å². The molecule has 1 heterocycles. The van der Waals surface area contributed by atoms with Gasteiger partial charge in [-0.1, -0.05) is 18.1 Å². The van der Waals surface area contributed by atoms with E-state index in [0.717, 1.165) is 22.8 Å². The fourth-order valence-electron chi connectivity index (χ4n) is 3.77. The maximum Gasteiger partial charge on any atom is 0.420 e. The van der Waals surface area contributed by atoms with Gasteiger partial charge < -0.3 is 14.2 Å². The van der Waals surface area contributed by atoms with E-state index >= 15 is 0 Å². The fourth-order valence-corrected chi connectivity index (χ4v) is 3.77. The van der Waals surface area contributed by atoms with Crippen molar-refractivity contribution >= 4 is 12.2 Å². The summed E-state index contributed by atoms with van der Waals surface area (Å²) in [5.74, 6) is 7.03. The number of likely N-dealkylation sites (tertiary alicyclic amines) is 1. The monoisotopic (exact) mass is 458 g/mol. The van der Waals surface area contributed by atoms with Crippen molar-refractivity contribution in [2.24, 2.45) is 5.92 Å². The van der Waals surface area contributed by atoms with Gasteiger partial charge in [-0.15, -0.1) is 5.92 Å². The Morgan fingerprint density at radius 1 is 1.00 bits per heavy atom. The molecule has 2 atom stereocenters. The Bertz CT molecular complexity index is 843. The van der Waals surface area contributed by atoms with Crippen LogP contribution in [0.4, 0.5) is 9.59 Å². The predicted octanol–water partition coefficient (Wildman–Crippen LogP) is 5.08. The van der Waals surface area contributed by atoms with Crippen molar-refractivity contribution < 1.29 is 23.8 Å². The van der Waals surface area contributed by atoms with Gasteiger partial charge in [-0.05, 0) is 72.6 Å². The summed E-state index contributed by atoms with van der Waals surface area (Å²) in [7, 11) is 1.64. The van der Waals surface area contributed by atoms with Crippen molar-refractivity contribution in [1.29, 1.82) is 0 Å². The first kappa shape index (κ1) is 26.5. The number of carbonyl (C=O) groups excluding carboxylic acids is 2. The molecule has 0 radical (unpaired) electrons. The number of piperidine rings is 1. The molecular weight excluding hydrogens is 420 g/mol. The summed E-state index contributed by atoms with van der Waals surface area (Å²) in [5.41, 5.74) is -0.366. The molecule has 7 heteroatoms. The third-order valence-corrected chi connectivity index (χ3v) is 4.96. The number of hydrogen-bond acceptors (Lipinski definition) is 6. The molecule has 1 aliphatic heterocycles. The summed E-state index contributed by atoms with van der Waals surface area (Å²) in [6.07, 6.45) is -0.828. The van der Waals surface area contributed by atoms with Crippen molar-refractivity contribution in [3.63, 3.8) is 0 Å². The third kappa shape index (κ3) is 8.62. The summed E-state index contributed by atoms with van der Waals surface area (Å²) in [6, 6.07) is 7.46. The van der Waals surface area contributed by atoms with Gasteiger partial charge in [-0.25, -0.2) is 14.5 Å². The second-order valence-electron chi connectivity index (χ2n) is 10.4. The number of imide groups is 1. The molecule has 0 aliphatic carbocycles. The molecular formula is C26H38N2O5. The van der Waals surface area contributed by atoms with E-state index in [1.807, 2.05) is 24.3 Å². The van der Waals surface area contributed by atoms with E-state index < -0.39 is 29.4 Å². The van der Waals surface area contributed by atoms with Crippen LogP contribution in [0.3, 0.4) is 0 Å². The van der Waals surface area contributed by atoms with E-state index in [9.17, 15) is 9.59 Å². The Morgan fingerprint density at radius 2 is 1.55 bits per heavy atom. The fraction of sp³-hybridized carbons (Fsp3) is 0.615. The molecule has 0 unspecified atom stereocenters. The zero-order valence-corrected chi connectivity index (χ0v) is 21.2. The van der Waals surface area contributed by atoms with Crippen LogP contribution in [-0.4, -0.2) is 59.4 Å². The van der Waals surface area contributed by atoms with Gasteiger partial charge in [0.05, 0.1) is 13.2 Å². The van der Waals surface area contributed by atoms with Gasteiger partial charge in [-0.3, -0.25) is 4.90 Å². The van der Waals surface area contributed by atoms with E-state index in [1.54, 1.807) is 55.6 Å². The van der Waals surface area contributed by atoms with Crippen LogP contribution >= 0.6 is 0 Å². The minimum absolute atomic E-state index is 0.0133. The minimum atomic E-state index is -0.739. The first-order valence-electron chi connectivity index (χ1n) is 11.3. The SMILES string of the molecule is CC#C[C@@H]1C[C@H](N(C(=O)OC(C)(C)C)C(=O)OC(C)(C)C)CN(Cc2ccc(OC)cc2)C1. The van der Waals surface area contributed by atoms with E-state index in [0.29, 0.717) is 19.5 Å². The zero-order chi connectivity index (χ0) is 24.8. The lowest BCUT2D eigenvalue weighted by atomic mass is 9.93. The van der Waals surface area contributed by atoms with Crippen LogP contribution in [0.1, 0.15) is 60.5 Å². The van der Waals surface area contributed by atoms with E-state index in [-0.39, 0.29) is 5.92 Å². The molecule has 1 saturated heterocycles. The van der Waals surface area contributed by atoms with Gasteiger partial charge in [-0.2, -0.15) is 0 Å². The Kier molecular flexibility index (Phi) is 8.79. The summed E-state index contributed by atoms with van der Waals surface area (Å²) < 4.78 is 16.4. The van der Waals surface area contributed by atoms with Crippen LogP contribution in [0.25, 0.3) is 0 Å². The summed E-state index contributed by atoms with van der Waals surface area (Å²) in [5, 5.41) is 0. The smallest absolute Gasteiger partial charge is 0.420 e. The molecule has 0 saturated carbocycles. The average Bonchev–Trinajstić information content (AvgIpc) is 2.66. The zero-order valence-electron chi connectivity index (χ0n) is 21.2. The van der Waals surface area contributed by atoms with Crippen LogP contribution < -0.4 is 4.74 Å². The van der Waals surface area contributed by atoms with Crippen LogP contribution in [0.15, 0.2) is 24.3 Å². The first-order valence-corrected chi connectivity index (χ1v) is 11.3. The third-order valence-electron chi connectivity index (χ3n) is 4.96. The second kappa shape index (κ2) is 10.9. The molecule has 0 bridgehead atoms. The van der Waals surface area contributed by atoms with Gasteiger partial charge in [0.15, 0.2) is 0 Å². The molecule has 1 fully saturated rings. The number of benzene rings is 1. The Labute approximate surface area is 198 Å². The maximum atomic E-state index is 13.1. The van der Waals surface area contributed by atoms with Crippen LogP contribution in [0, 0.1) is 17.8 Å². The van der Waals surface area contributed by atoms with Crippen molar-refractivity contribution in [3.8, 4) is 17.6 Å². The van der Waals surface area contributed by atoms with Crippen molar-refractivity contribution in [1.82, 2.24) is 9.80 Å². The number of methoxy groups -OCH3 is 1. The summed E-state index contributed by atoms with van der Waals surface area (Å²) >= 11 is 0. The number of nitrogens with zero attached hydrogens (tertiary/aromatic N) is 2. The highest BCUT2D eigenvalue weighted by Gasteiger charge is 2.40. The molecule has 1 aliphatic rings. The lowest BCUT2D eigenvalue weighted by Crippen LogP contribution is -2.56. The van der Waals surface area contributed by atoms with Gasteiger partial charge >= 0.3 is 12.2 Å². The minimum Gasteiger partial charge on any atom is -0.497 e. The van der Waals surface area contributed by atoms with Crippen molar-refractivity contribution in [2.45, 2.75) is 78.7 Å². The van der Waals surface area contributed by atoms with Gasteiger partial charge in [0.25, 0.3) is 0 Å². The van der Waals surface area contributed by atoms with Crippen LogP contribution in [-0.2, 0) is 16.0 Å². The molecule has 2 rings (SSSR count). The summed E-state index contributed by atoms with van der Waals surface area (Å²) in [4.78, 5) is 29.6. The Morgan fingerprint density at radius 3 is 2.00 bits per heavy atom. The topological polar surface area (TPSA) is 68.3 Å². The van der Waals surface area contributed by atoms with Crippen LogP contribution in [0.5, 0.6) is 5.75 Å². The average molecular weight is 459 g/mol. The lowest BCUT2D eigenvalue weighted by Gasteiger charge is -2.41. The summed E-state index contributed by atoms with van der Waals surface area (Å²) in [6.45, 7) is 14.4.